The van der Waals surface area contributed by atoms with Crippen molar-refractivity contribution in [1.29, 1.82) is 0 Å². The van der Waals surface area contributed by atoms with Crippen LogP contribution in [0.3, 0.4) is 0 Å². The minimum atomic E-state index is -0.305. The summed E-state index contributed by atoms with van der Waals surface area (Å²) in [7, 11) is 0. The average molecular weight is 390 g/mol. The number of hydrogen-bond donors (Lipinski definition) is 0. The fourth-order valence-corrected chi connectivity index (χ4v) is 5.25. The van der Waals surface area contributed by atoms with Crippen LogP contribution in [0.25, 0.3) is 10.2 Å². The Labute approximate surface area is 159 Å². The first-order valence-electron chi connectivity index (χ1n) is 8.70. The van der Waals surface area contributed by atoms with E-state index in [2.05, 4.69) is 24.7 Å². The maximum Gasteiger partial charge on any atom is 0.348 e. The highest BCUT2D eigenvalue weighted by Gasteiger charge is 2.22. The van der Waals surface area contributed by atoms with Crippen molar-refractivity contribution in [1.82, 2.24) is 24.7 Å². The predicted molar refractivity (Wildman–Crippen MR) is 99.8 cm³/mol. The lowest BCUT2D eigenvalue weighted by atomic mass is 10.2. The topological polar surface area (TPSA) is 82.8 Å². The highest BCUT2D eigenvalue weighted by atomic mass is 32.2. The predicted octanol–water partition coefficient (Wildman–Crippen LogP) is 3.65. The fourth-order valence-electron chi connectivity index (χ4n) is 3.13. The summed E-state index contributed by atoms with van der Waals surface area (Å²) in [6.07, 6.45) is 6.03. The first-order chi connectivity index (χ1) is 12.7. The van der Waals surface area contributed by atoms with Crippen molar-refractivity contribution in [3.8, 4) is 0 Å². The number of carbonyl (C=O) groups is 1. The van der Waals surface area contributed by atoms with Crippen molar-refractivity contribution in [2.24, 2.45) is 0 Å². The SMILES string of the molecule is CCOC(=O)c1sc2ncnc(Sc3nnc4n3CCCCC4)c2c1C. The Morgan fingerprint density at radius 2 is 2.19 bits per heavy atom. The minimum absolute atomic E-state index is 0.305. The third-order valence-corrected chi connectivity index (χ3v) is 6.58. The molecule has 136 valence electrons. The van der Waals surface area contributed by atoms with Crippen LogP contribution in [0.2, 0.25) is 0 Å². The van der Waals surface area contributed by atoms with E-state index in [4.69, 9.17) is 4.74 Å². The first-order valence-corrected chi connectivity index (χ1v) is 10.3. The lowest BCUT2D eigenvalue weighted by Gasteiger charge is -2.07. The normalized spacial score (nSPS) is 14.2. The number of aromatic nitrogens is 5. The van der Waals surface area contributed by atoms with Gasteiger partial charge in [0.15, 0.2) is 5.16 Å². The minimum Gasteiger partial charge on any atom is -0.462 e. The van der Waals surface area contributed by atoms with Crippen LogP contribution in [-0.2, 0) is 17.7 Å². The Morgan fingerprint density at radius 1 is 1.31 bits per heavy atom. The van der Waals surface area contributed by atoms with Gasteiger partial charge in [-0.15, -0.1) is 21.5 Å². The number of rotatable bonds is 4. The second kappa shape index (κ2) is 7.32. The number of ether oxygens (including phenoxy) is 1. The number of aryl methyl sites for hydroxylation is 2. The summed E-state index contributed by atoms with van der Waals surface area (Å²) in [5.41, 5.74) is 0.863. The number of hydrogen-bond acceptors (Lipinski definition) is 8. The summed E-state index contributed by atoms with van der Waals surface area (Å²) in [5.74, 6) is 0.741. The quantitative estimate of drug-likeness (QED) is 0.497. The van der Waals surface area contributed by atoms with Gasteiger partial charge < -0.3 is 9.30 Å². The maximum absolute atomic E-state index is 12.2. The smallest absolute Gasteiger partial charge is 0.348 e. The van der Waals surface area contributed by atoms with Gasteiger partial charge in [0, 0.05) is 18.4 Å². The highest BCUT2D eigenvalue weighted by molar-refractivity contribution is 7.99. The zero-order chi connectivity index (χ0) is 18.1. The molecule has 3 aromatic rings. The third-order valence-electron chi connectivity index (χ3n) is 4.42. The van der Waals surface area contributed by atoms with Crippen molar-refractivity contribution in [2.45, 2.75) is 56.3 Å². The molecule has 0 unspecified atom stereocenters. The third kappa shape index (κ3) is 3.09. The summed E-state index contributed by atoms with van der Waals surface area (Å²) >= 11 is 2.84. The van der Waals surface area contributed by atoms with Gasteiger partial charge in [-0.05, 0) is 44.0 Å². The van der Waals surface area contributed by atoms with Crippen LogP contribution in [0.4, 0.5) is 0 Å². The zero-order valence-electron chi connectivity index (χ0n) is 14.7. The summed E-state index contributed by atoms with van der Waals surface area (Å²) in [5, 5.41) is 11.3. The van der Waals surface area contributed by atoms with Gasteiger partial charge in [-0.25, -0.2) is 14.8 Å². The molecule has 0 aliphatic carbocycles. The standard InChI is InChI=1S/C17H19N5O2S2/c1-3-24-16(23)13-10(2)12-14(25-13)18-9-19-15(12)26-17-21-20-11-7-5-4-6-8-22(11)17/h9H,3-8H2,1-2H3. The number of esters is 1. The van der Waals surface area contributed by atoms with Gasteiger partial charge in [0.2, 0.25) is 0 Å². The molecule has 26 heavy (non-hydrogen) atoms. The summed E-state index contributed by atoms with van der Waals surface area (Å²) in [6, 6.07) is 0. The Balaban J connectivity index is 1.74. The average Bonchev–Trinajstić information content (AvgIpc) is 3.07. The summed E-state index contributed by atoms with van der Waals surface area (Å²) in [6.45, 7) is 5.02. The van der Waals surface area contributed by atoms with Gasteiger partial charge in [0.05, 0.1) is 6.61 Å². The first kappa shape index (κ1) is 17.4. The Hall–Kier alpha value is -2.00. The molecule has 0 N–H and O–H groups in total. The van der Waals surface area contributed by atoms with E-state index >= 15 is 0 Å². The van der Waals surface area contributed by atoms with Crippen molar-refractivity contribution < 1.29 is 9.53 Å². The molecule has 0 atom stereocenters. The van der Waals surface area contributed by atoms with Crippen LogP contribution in [-0.4, -0.2) is 37.3 Å². The highest BCUT2D eigenvalue weighted by Crippen LogP contribution is 2.38. The molecule has 0 spiro atoms. The monoisotopic (exact) mass is 389 g/mol. The lowest BCUT2D eigenvalue weighted by molar-refractivity contribution is 0.0531. The molecule has 0 amide bonds. The van der Waals surface area contributed by atoms with Crippen LogP contribution in [0, 0.1) is 6.92 Å². The molecule has 0 radical (unpaired) electrons. The van der Waals surface area contributed by atoms with E-state index in [1.54, 1.807) is 6.92 Å². The second-order valence-electron chi connectivity index (χ2n) is 6.10. The molecule has 1 aliphatic heterocycles. The maximum atomic E-state index is 12.2. The van der Waals surface area contributed by atoms with E-state index in [0.717, 1.165) is 57.6 Å². The van der Waals surface area contributed by atoms with Crippen molar-refractivity contribution in [3.05, 3.63) is 22.6 Å². The van der Waals surface area contributed by atoms with E-state index in [1.165, 1.54) is 35.8 Å². The Kier molecular flexibility index (Phi) is 4.90. The van der Waals surface area contributed by atoms with Gasteiger partial charge in [-0.2, -0.15) is 0 Å². The summed E-state index contributed by atoms with van der Waals surface area (Å²) < 4.78 is 7.36. The van der Waals surface area contributed by atoms with Crippen LogP contribution in [0.1, 0.15) is 47.2 Å². The van der Waals surface area contributed by atoms with Gasteiger partial charge in [0.25, 0.3) is 0 Å². The molecule has 4 rings (SSSR count). The van der Waals surface area contributed by atoms with Crippen molar-refractivity contribution in [3.63, 3.8) is 0 Å². The van der Waals surface area contributed by atoms with Gasteiger partial charge in [-0.3, -0.25) is 0 Å². The number of nitrogens with zero attached hydrogens (tertiary/aromatic N) is 5. The molecule has 9 heteroatoms. The van der Waals surface area contributed by atoms with E-state index in [9.17, 15) is 4.79 Å². The Morgan fingerprint density at radius 3 is 3.04 bits per heavy atom. The van der Waals surface area contributed by atoms with E-state index in [0.29, 0.717) is 11.5 Å². The molecule has 0 fully saturated rings. The molecule has 4 heterocycles. The molecule has 0 saturated carbocycles. The van der Waals surface area contributed by atoms with Crippen LogP contribution in [0.5, 0.6) is 0 Å². The van der Waals surface area contributed by atoms with Gasteiger partial charge in [0.1, 0.15) is 26.9 Å². The molecule has 7 nitrogen and oxygen atoms in total. The number of fused-ring (bicyclic) bond motifs is 2. The second-order valence-corrected chi connectivity index (χ2v) is 8.05. The molecule has 0 bridgehead atoms. The van der Waals surface area contributed by atoms with Crippen LogP contribution < -0.4 is 0 Å². The Bertz CT molecular complexity index is 966. The fraction of sp³-hybridized carbons (Fsp3) is 0.471. The molecule has 3 aromatic heterocycles. The molecule has 1 aliphatic rings. The number of thiophene rings is 1. The molecule has 0 saturated heterocycles. The van der Waals surface area contributed by atoms with E-state index in [-0.39, 0.29) is 5.97 Å². The van der Waals surface area contributed by atoms with Gasteiger partial charge in [-0.1, -0.05) is 6.42 Å². The molecular formula is C17H19N5O2S2. The van der Waals surface area contributed by atoms with E-state index < -0.39 is 0 Å². The zero-order valence-corrected chi connectivity index (χ0v) is 16.3. The largest absolute Gasteiger partial charge is 0.462 e. The van der Waals surface area contributed by atoms with Gasteiger partial charge >= 0.3 is 5.97 Å². The van der Waals surface area contributed by atoms with Crippen molar-refractivity contribution >= 4 is 39.3 Å². The molecule has 0 aromatic carbocycles. The van der Waals surface area contributed by atoms with Crippen LogP contribution >= 0.6 is 23.1 Å². The lowest BCUT2D eigenvalue weighted by Crippen LogP contribution is -2.03. The summed E-state index contributed by atoms with van der Waals surface area (Å²) in [4.78, 5) is 22.4. The van der Waals surface area contributed by atoms with Crippen LogP contribution in [0.15, 0.2) is 16.5 Å². The van der Waals surface area contributed by atoms with Crippen molar-refractivity contribution in [2.75, 3.05) is 6.61 Å². The van der Waals surface area contributed by atoms with E-state index in [1.807, 2.05) is 6.92 Å². The molecular weight excluding hydrogens is 370 g/mol. The number of carbonyl (C=O) groups excluding carboxylic acids is 1.